The van der Waals surface area contributed by atoms with Crippen molar-refractivity contribution in [3.63, 3.8) is 0 Å². The lowest BCUT2D eigenvalue weighted by Gasteiger charge is -2.13. The van der Waals surface area contributed by atoms with Crippen LogP contribution in [0, 0.1) is 20.8 Å². The lowest BCUT2D eigenvalue weighted by molar-refractivity contribution is 0.579. The predicted octanol–water partition coefficient (Wildman–Crippen LogP) is 1.79. The molecule has 0 radical (unpaired) electrons. The predicted molar refractivity (Wildman–Crippen MR) is 86.4 cm³/mol. The fourth-order valence-corrected chi connectivity index (χ4v) is 4.08. The van der Waals surface area contributed by atoms with Crippen molar-refractivity contribution in [3.8, 4) is 0 Å². The summed E-state index contributed by atoms with van der Waals surface area (Å²) in [5.74, 6) is 0. The molecule has 0 aliphatic rings. The van der Waals surface area contributed by atoms with Gasteiger partial charge in [0.05, 0.1) is 4.90 Å². The number of aromatic nitrogens is 1. The van der Waals surface area contributed by atoms with Crippen molar-refractivity contribution in [3.05, 3.63) is 63.1 Å². The number of pyridine rings is 1. The van der Waals surface area contributed by atoms with Gasteiger partial charge in [0.15, 0.2) is 0 Å². The fourth-order valence-electron chi connectivity index (χ4n) is 2.62. The molecule has 0 saturated heterocycles. The minimum absolute atomic E-state index is 0.0252. The van der Waals surface area contributed by atoms with Gasteiger partial charge < -0.3 is 4.57 Å². The second kappa shape index (κ2) is 6.06. The molecular weight excluding hydrogens is 300 g/mol. The summed E-state index contributed by atoms with van der Waals surface area (Å²) in [6, 6.07) is 7.01. The molecule has 0 bridgehead atoms. The van der Waals surface area contributed by atoms with Crippen LogP contribution in [0.15, 0.2) is 40.2 Å². The van der Waals surface area contributed by atoms with E-state index in [9.17, 15) is 13.2 Å². The van der Waals surface area contributed by atoms with E-state index in [0.717, 1.165) is 5.56 Å². The van der Waals surface area contributed by atoms with Gasteiger partial charge in [-0.2, -0.15) is 0 Å². The smallest absolute Gasteiger partial charge is 0.254 e. The maximum absolute atomic E-state index is 12.5. The van der Waals surface area contributed by atoms with Crippen LogP contribution in [0.5, 0.6) is 0 Å². The summed E-state index contributed by atoms with van der Waals surface area (Å²) in [5.41, 5.74) is 2.63. The molecule has 5 nitrogen and oxygen atoms in total. The van der Waals surface area contributed by atoms with Gasteiger partial charge in [-0.1, -0.05) is 23.8 Å². The summed E-state index contributed by atoms with van der Waals surface area (Å²) >= 11 is 0. The molecule has 118 valence electrons. The maximum atomic E-state index is 12.5. The average Bonchev–Trinajstić information content (AvgIpc) is 2.39. The SMILES string of the molecule is Cc1cc(C)c(S(=O)(=O)NCc2cccn(C)c2=O)c(C)c1. The van der Waals surface area contributed by atoms with E-state index in [0.29, 0.717) is 16.7 Å². The van der Waals surface area contributed by atoms with Crippen LogP contribution in [-0.4, -0.2) is 13.0 Å². The van der Waals surface area contributed by atoms with E-state index in [-0.39, 0.29) is 17.0 Å². The second-order valence-electron chi connectivity index (χ2n) is 5.50. The Bertz CT molecular complexity index is 844. The highest BCUT2D eigenvalue weighted by Gasteiger charge is 2.20. The first-order chi connectivity index (χ1) is 10.2. The lowest BCUT2D eigenvalue weighted by Crippen LogP contribution is -2.29. The molecule has 0 unspecified atom stereocenters. The minimum atomic E-state index is -3.66. The van der Waals surface area contributed by atoms with Crippen LogP contribution < -0.4 is 10.3 Å². The minimum Gasteiger partial charge on any atom is -0.318 e. The molecule has 1 heterocycles. The van der Waals surface area contributed by atoms with Crippen molar-refractivity contribution in [2.75, 3.05) is 0 Å². The number of nitrogens with zero attached hydrogens (tertiary/aromatic N) is 1. The monoisotopic (exact) mass is 320 g/mol. The Morgan fingerprint density at radius 2 is 1.73 bits per heavy atom. The molecule has 0 aliphatic carbocycles. The molecule has 0 fully saturated rings. The van der Waals surface area contributed by atoms with Gasteiger partial charge in [-0.05, 0) is 38.0 Å². The highest BCUT2D eigenvalue weighted by molar-refractivity contribution is 7.89. The van der Waals surface area contributed by atoms with Crippen molar-refractivity contribution in [1.82, 2.24) is 9.29 Å². The van der Waals surface area contributed by atoms with E-state index in [1.807, 2.05) is 19.1 Å². The number of benzene rings is 1. The van der Waals surface area contributed by atoms with Crippen LogP contribution in [0.1, 0.15) is 22.3 Å². The molecule has 22 heavy (non-hydrogen) atoms. The lowest BCUT2D eigenvalue weighted by atomic mass is 10.1. The van der Waals surface area contributed by atoms with Gasteiger partial charge in [0.1, 0.15) is 0 Å². The summed E-state index contributed by atoms with van der Waals surface area (Å²) in [7, 11) is -2.03. The Balaban J connectivity index is 2.33. The molecule has 0 amide bonds. The topological polar surface area (TPSA) is 68.2 Å². The molecule has 0 atom stereocenters. The van der Waals surface area contributed by atoms with E-state index in [2.05, 4.69) is 4.72 Å². The summed E-state index contributed by atoms with van der Waals surface area (Å²) in [5, 5.41) is 0. The van der Waals surface area contributed by atoms with Crippen LogP contribution >= 0.6 is 0 Å². The number of sulfonamides is 1. The van der Waals surface area contributed by atoms with E-state index in [1.165, 1.54) is 4.57 Å². The standard InChI is InChI=1S/C16H20N2O3S/c1-11-8-12(2)15(13(3)9-11)22(20,21)17-10-14-6-5-7-18(4)16(14)19/h5-9,17H,10H2,1-4H3. The molecule has 1 N–H and O–H groups in total. The summed E-state index contributed by atoms with van der Waals surface area (Å²) in [4.78, 5) is 12.2. The normalized spacial score (nSPS) is 11.6. The third-order valence-electron chi connectivity index (χ3n) is 3.53. The van der Waals surface area contributed by atoms with Gasteiger partial charge in [-0.15, -0.1) is 0 Å². The highest BCUT2D eigenvalue weighted by Crippen LogP contribution is 2.21. The Labute approximate surface area is 130 Å². The fraction of sp³-hybridized carbons (Fsp3) is 0.312. The van der Waals surface area contributed by atoms with Gasteiger partial charge in [0.25, 0.3) is 5.56 Å². The van der Waals surface area contributed by atoms with Crippen LogP contribution in [0.2, 0.25) is 0 Å². The Kier molecular flexibility index (Phi) is 4.53. The Morgan fingerprint density at radius 3 is 2.32 bits per heavy atom. The van der Waals surface area contributed by atoms with Crippen molar-refractivity contribution in [1.29, 1.82) is 0 Å². The molecule has 0 spiro atoms. The van der Waals surface area contributed by atoms with Gasteiger partial charge in [0.2, 0.25) is 10.0 Å². The van der Waals surface area contributed by atoms with Crippen LogP contribution in [-0.2, 0) is 23.6 Å². The van der Waals surface area contributed by atoms with E-state index in [4.69, 9.17) is 0 Å². The largest absolute Gasteiger partial charge is 0.318 e. The zero-order valence-electron chi connectivity index (χ0n) is 13.2. The number of rotatable bonds is 4. The van der Waals surface area contributed by atoms with Gasteiger partial charge in [-0.25, -0.2) is 13.1 Å². The summed E-state index contributed by atoms with van der Waals surface area (Å²) < 4.78 is 29.0. The Hall–Kier alpha value is -1.92. The first-order valence-corrected chi connectivity index (χ1v) is 8.43. The number of nitrogens with one attached hydrogen (secondary N) is 1. The summed E-state index contributed by atoms with van der Waals surface area (Å²) in [6.45, 7) is 5.45. The van der Waals surface area contributed by atoms with Gasteiger partial charge in [-0.3, -0.25) is 4.79 Å². The van der Waals surface area contributed by atoms with Gasteiger partial charge >= 0.3 is 0 Å². The zero-order valence-corrected chi connectivity index (χ0v) is 14.0. The molecule has 1 aromatic carbocycles. The first kappa shape index (κ1) is 16.5. The quantitative estimate of drug-likeness (QED) is 0.934. The van der Waals surface area contributed by atoms with E-state index in [1.54, 1.807) is 39.2 Å². The first-order valence-electron chi connectivity index (χ1n) is 6.94. The van der Waals surface area contributed by atoms with Crippen LogP contribution in [0.25, 0.3) is 0 Å². The molecule has 6 heteroatoms. The zero-order chi connectivity index (χ0) is 16.5. The average molecular weight is 320 g/mol. The Morgan fingerprint density at radius 1 is 1.14 bits per heavy atom. The van der Waals surface area contributed by atoms with E-state index < -0.39 is 10.0 Å². The molecule has 2 aromatic rings. The molecule has 0 saturated carbocycles. The maximum Gasteiger partial charge on any atom is 0.254 e. The van der Waals surface area contributed by atoms with Crippen molar-refractivity contribution in [2.24, 2.45) is 7.05 Å². The molecular formula is C16H20N2O3S. The molecule has 0 aliphatic heterocycles. The number of hydrogen-bond donors (Lipinski definition) is 1. The van der Waals surface area contributed by atoms with Crippen molar-refractivity contribution < 1.29 is 8.42 Å². The number of hydrogen-bond acceptors (Lipinski definition) is 3. The number of aryl methyl sites for hydroxylation is 4. The van der Waals surface area contributed by atoms with Gasteiger partial charge in [0, 0.05) is 25.4 Å². The summed E-state index contributed by atoms with van der Waals surface area (Å²) in [6.07, 6.45) is 1.63. The highest BCUT2D eigenvalue weighted by atomic mass is 32.2. The third kappa shape index (κ3) is 3.28. The van der Waals surface area contributed by atoms with E-state index >= 15 is 0 Å². The van der Waals surface area contributed by atoms with Crippen LogP contribution in [0.3, 0.4) is 0 Å². The van der Waals surface area contributed by atoms with Crippen molar-refractivity contribution >= 4 is 10.0 Å². The second-order valence-corrected chi connectivity index (χ2v) is 7.21. The van der Waals surface area contributed by atoms with Crippen molar-refractivity contribution in [2.45, 2.75) is 32.2 Å². The molecule has 2 rings (SSSR count). The molecule has 1 aromatic heterocycles. The third-order valence-corrected chi connectivity index (χ3v) is 5.23. The van der Waals surface area contributed by atoms with Crippen LogP contribution in [0.4, 0.5) is 0 Å².